The van der Waals surface area contributed by atoms with E-state index in [0.29, 0.717) is 17.4 Å². The summed E-state index contributed by atoms with van der Waals surface area (Å²) in [5, 5.41) is 13.9. The molecule has 0 spiro atoms. The van der Waals surface area contributed by atoms with E-state index in [0.717, 1.165) is 48.9 Å². The summed E-state index contributed by atoms with van der Waals surface area (Å²) in [5.41, 5.74) is 10.9. The van der Waals surface area contributed by atoms with Gasteiger partial charge in [-0.15, -0.1) is 0 Å². The van der Waals surface area contributed by atoms with Crippen LogP contribution >= 0.6 is 0 Å². The van der Waals surface area contributed by atoms with Crippen LogP contribution in [0.15, 0.2) is 16.8 Å². The number of rotatable bonds is 5. The minimum absolute atomic E-state index is 0.105. The van der Waals surface area contributed by atoms with Crippen LogP contribution < -0.4 is 0 Å². The molecule has 0 radical (unpaired) electrons. The van der Waals surface area contributed by atoms with Crippen LogP contribution in [0, 0.1) is 40.4 Å². The van der Waals surface area contributed by atoms with Crippen molar-refractivity contribution in [1.29, 1.82) is 0 Å². The minimum atomic E-state index is -0.105. The monoisotopic (exact) mass is 385 g/mol. The van der Waals surface area contributed by atoms with Crippen LogP contribution in [0.25, 0.3) is 10.4 Å². The summed E-state index contributed by atoms with van der Waals surface area (Å²) in [6.07, 6.45) is 14.6. The maximum absolute atomic E-state index is 10.2. The Bertz CT molecular complexity index is 669. The second-order valence-electron chi connectivity index (χ2n) is 11.0. The molecule has 3 saturated carbocycles. The summed E-state index contributed by atoms with van der Waals surface area (Å²) < 4.78 is 0. The SMILES string of the molecule is CC(CCCN=[N+]=[N-])C1CCC2C3CC=C4CC(O)CCC4(C)C3CCC12C. The van der Waals surface area contributed by atoms with Gasteiger partial charge in [-0.2, -0.15) is 0 Å². The molecule has 4 heteroatoms. The molecule has 3 fully saturated rings. The van der Waals surface area contributed by atoms with E-state index in [1.165, 1.54) is 44.9 Å². The van der Waals surface area contributed by atoms with Crippen molar-refractivity contribution in [1.82, 2.24) is 0 Å². The van der Waals surface area contributed by atoms with Gasteiger partial charge in [0.05, 0.1) is 6.10 Å². The third-order valence-corrected chi connectivity index (χ3v) is 9.82. The Morgan fingerprint density at radius 2 is 2.04 bits per heavy atom. The molecule has 0 aromatic heterocycles. The summed E-state index contributed by atoms with van der Waals surface area (Å²) >= 11 is 0. The second-order valence-corrected chi connectivity index (χ2v) is 11.0. The summed E-state index contributed by atoms with van der Waals surface area (Å²) in [6.45, 7) is 8.23. The maximum Gasteiger partial charge on any atom is 0.0577 e. The van der Waals surface area contributed by atoms with E-state index in [9.17, 15) is 5.11 Å². The number of aliphatic hydroxyl groups excluding tert-OH is 1. The standard InChI is InChI=1S/C24H39N3O/c1-16(5-4-14-26-27-25)20-8-9-21-19-7-6-17-15-18(28)10-12-23(17,2)22(19)11-13-24(20,21)3/h6,16,18-22,28H,4-5,7-15H2,1-3H3. The highest BCUT2D eigenvalue weighted by atomic mass is 16.3. The van der Waals surface area contributed by atoms with Crippen molar-refractivity contribution in [3.05, 3.63) is 22.1 Å². The molecule has 8 atom stereocenters. The highest BCUT2D eigenvalue weighted by molar-refractivity contribution is 5.25. The average molecular weight is 386 g/mol. The quantitative estimate of drug-likeness (QED) is 0.186. The highest BCUT2D eigenvalue weighted by Gasteiger charge is 2.58. The lowest BCUT2D eigenvalue weighted by molar-refractivity contribution is -0.0572. The molecule has 1 N–H and O–H groups in total. The van der Waals surface area contributed by atoms with Gasteiger partial charge < -0.3 is 5.11 Å². The Kier molecular flexibility index (Phi) is 5.57. The number of aliphatic hydroxyl groups is 1. The fourth-order valence-electron chi connectivity index (χ4n) is 8.35. The fraction of sp³-hybridized carbons (Fsp3) is 0.917. The first-order chi connectivity index (χ1) is 13.4. The predicted octanol–water partition coefficient (Wildman–Crippen LogP) is 6.65. The van der Waals surface area contributed by atoms with Crippen molar-refractivity contribution < 1.29 is 5.11 Å². The molecule has 4 aliphatic rings. The number of hydrogen-bond donors (Lipinski definition) is 1. The fourth-order valence-corrected chi connectivity index (χ4v) is 8.35. The second kappa shape index (κ2) is 7.69. The molecule has 156 valence electrons. The van der Waals surface area contributed by atoms with Crippen LogP contribution in [0.3, 0.4) is 0 Å². The molecule has 0 aromatic rings. The van der Waals surface area contributed by atoms with Gasteiger partial charge in [0, 0.05) is 11.5 Å². The molecule has 0 heterocycles. The van der Waals surface area contributed by atoms with Gasteiger partial charge in [0.2, 0.25) is 0 Å². The number of fused-ring (bicyclic) bond motifs is 5. The zero-order valence-corrected chi connectivity index (χ0v) is 18.1. The number of hydrogen-bond acceptors (Lipinski definition) is 2. The van der Waals surface area contributed by atoms with Gasteiger partial charge in [-0.05, 0) is 104 Å². The zero-order chi connectivity index (χ0) is 19.9. The van der Waals surface area contributed by atoms with Crippen molar-refractivity contribution in [3.8, 4) is 0 Å². The van der Waals surface area contributed by atoms with Gasteiger partial charge in [-0.1, -0.05) is 44.0 Å². The van der Waals surface area contributed by atoms with Crippen LogP contribution in [-0.4, -0.2) is 17.8 Å². The number of allylic oxidation sites excluding steroid dienone is 1. The third kappa shape index (κ3) is 3.21. The van der Waals surface area contributed by atoms with Crippen molar-refractivity contribution in [3.63, 3.8) is 0 Å². The normalized spacial score (nSPS) is 45.9. The van der Waals surface area contributed by atoms with E-state index >= 15 is 0 Å². The van der Waals surface area contributed by atoms with E-state index < -0.39 is 0 Å². The number of azide groups is 1. The van der Waals surface area contributed by atoms with Crippen molar-refractivity contribution >= 4 is 0 Å². The van der Waals surface area contributed by atoms with Crippen LogP contribution in [0.2, 0.25) is 0 Å². The van der Waals surface area contributed by atoms with E-state index in [1.807, 2.05) is 0 Å². The smallest absolute Gasteiger partial charge is 0.0577 e. The highest BCUT2D eigenvalue weighted by Crippen LogP contribution is 2.67. The molecule has 0 aromatic carbocycles. The Morgan fingerprint density at radius 1 is 1.21 bits per heavy atom. The van der Waals surface area contributed by atoms with E-state index in [4.69, 9.17) is 5.53 Å². The Hall–Kier alpha value is -0.990. The predicted molar refractivity (Wildman–Crippen MR) is 114 cm³/mol. The lowest BCUT2D eigenvalue weighted by Crippen LogP contribution is -2.50. The first-order valence-corrected chi connectivity index (χ1v) is 11.8. The minimum Gasteiger partial charge on any atom is -0.393 e. The van der Waals surface area contributed by atoms with Gasteiger partial charge in [0.15, 0.2) is 0 Å². The molecule has 0 amide bonds. The van der Waals surface area contributed by atoms with Gasteiger partial charge in [-0.3, -0.25) is 0 Å². The molecule has 0 bridgehead atoms. The lowest BCUT2D eigenvalue weighted by Gasteiger charge is -2.58. The summed E-state index contributed by atoms with van der Waals surface area (Å²) in [7, 11) is 0. The van der Waals surface area contributed by atoms with Gasteiger partial charge in [0.25, 0.3) is 0 Å². The van der Waals surface area contributed by atoms with Gasteiger partial charge in [-0.25, -0.2) is 0 Å². The molecule has 4 nitrogen and oxygen atoms in total. The molecule has 28 heavy (non-hydrogen) atoms. The summed E-state index contributed by atoms with van der Waals surface area (Å²) in [4.78, 5) is 2.90. The van der Waals surface area contributed by atoms with E-state index in [2.05, 4.69) is 36.9 Å². The van der Waals surface area contributed by atoms with Crippen molar-refractivity contribution in [2.75, 3.05) is 6.54 Å². The summed E-state index contributed by atoms with van der Waals surface area (Å²) in [5.74, 6) is 4.11. The molecular weight excluding hydrogens is 346 g/mol. The molecule has 8 unspecified atom stereocenters. The molecule has 0 saturated heterocycles. The van der Waals surface area contributed by atoms with Crippen LogP contribution in [-0.2, 0) is 0 Å². The summed E-state index contributed by atoms with van der Waals surface area (Å²) in [6, 6.07) is 0. The number of nitrogens with zero attached hydrogens (tertiary/aromatic N) is 3. The van der Waals surface area contributed by atoms with Gasteiger partial charge in [0.1, 0.15) is 0 Å². The Labute approximate surface area is 170 Å². The van der Waals surface area contributed by atoms with E-state index in [-0.39, 0.29) is 6.10 Å². The average Bonchev–Trinajstić information content (AvgIpc) is 3.03. The van der Waals surface area contributed by atoms with Crippen LogP contribution in [0.5, 0.6) is 0 Å². The first-order valence-electron chi connectivity index (χ1n) is 11.8. The first kappa shape index (κ1) is 20.3. The molecule has 4 aliphatic carbocycles. The van der Waals surface area contributed by atoms with Crippen LogP contribution in [0.1, 0.15) is 85.0 Å². The third-order valence-electron chi connectivity index (χ3n) is 9.82. The largest absolute Gasteiger partial charge is 0.393 e. The maximum atomic E-state index is 10.2. The molecule has 4 rings (SSSR count). The Balaban J connectivity index is 1.50. The lowest BCUT2D eigenvalue weighted by atomic mass is 9.47. The van der Waals surface area contributed by atoms with Crippen molar-refractivity contribution in [2.45, 2.75) is 91.1 Å². The van der Waals surface area contributed by atoms with Crippen molar-refractivity contribution in [2.24, 2.45) is 45.5 Å². The van der Waals surface area contributed by atoms with Gasteiger partial charge >= 0.3 is 0 Å². The van der Waals surface area contributed by atoms with E-state index in [1.54, 1.807) is 5.57 Å². The van der Waals surface area contributed by atoms with Crippen LogP contribution in [0.4, 0.5) is 0 Å². The zero-order valence-electron chi connectivity index (χ0n) is 18.1. The molecule has 0 aliphatic heterocycles. The topological polar surface area (TPSA) is 69.0 Å². The Morgan fingerprint density at radius 3 is 2.82 bits per heavy atom. The molecular formula is C24H39N3O.